The molecule has 5 heteroatoms. The zero-order valence-corrected chi connectivity index (χ0v) is 13.1. The minimum absolute atomic E-state index is 0.0194. The molecule has 5 nitrogen and oxygen atoms in total. The van der Waals surface area contributed by atoms with E-state index in [4.69, 9.17) is 4.98 Å². The fourth-order valence-corrected chi connectivity index (χ4v) is 2.62. The number of nitrogens with one attached hydrogen (secondary N) is 1. The van der Waals surface area contributed by atoms with Crippen LogP contribution >= 0.6 is 0 Å². The molecule has 1 N–H and O–H groups in total. The topological polar surface area (TPSA) is 59.8 Å². The molecule has 0 atom stereocenters. The molecule has 0 saturated heterocycles. The van der Waals surface area contributed by atoms with Crippen LogP contribution in [0.25, 0.3) is 11.0 Å². The van der Waals surface area contributed by atoms with E-state index < -0.39 is 0 Å². The van der Waals surface area contributed by atoms with Gasteiger partial charge in [0.2, 0.25) is 0 Å². The van der Waals surface area contributed by atoms with E-state index in [9.17, 15) is 4.79 Å². The summed E-state index contributed by atoms with van der Waals surface area (Å²) < 4.78 is 1.77. The van der Waals surface area contributed by atoms with E-state index in [1.807, 2.05) is 20.0 Å². The second-order valence-electron chi connectivity index (χ2n) is 6.38. The summed E-state index contributed by atoms with van der Waals surface area (Å²) in [5.74, 6) is 0.930. The minimum Gasteiger partial charge on any atom is -0.352 e. The third-order valence-electron chi connectivity index (χ3n) is 3.90. The molecule has 2 aromatic heterocycles. The summed E-state index contributed by atoms with van der Waals surface area (Å²) in [6.07, 6.45) is 2.34. The molecular formula is C16H22N4O. The van der Waals surface area contributed by atoms with E-state index in [-0.39, 0.29) is 5.91 Å². The number of nitrogens with zero attached hydrogens (tertiary/aromatic N) is 3. The Labute approximate surface area is 124 Å². The van der Waals surface area contributed by atoms with Gasteiger partial charge in [-0.2, -0.15) is 5.10 Å². The molecule has 0 unspecified atom stereocenters. The van der Waals surface area contributed by atoms with Crippen LogP contribution in [-0.2, 0) is 7.05 Å². The van der Waals surface area contributed by atoms with E-state index in [0.717, 1.165) is 22.4 Å². The van der Waals surface area contributed by atoms with Gasteiger partial charge < -0.3 is 5.32 Å². The van der Waals surface area contributed by atoms with Crippen LogP contribution in [0.4, 0.5) is 0 Å². The highest BCUT2D eigenvalue weighted by Crippen LogP contribution is 2.40. The normalized spacial score (nSPS) is 14.9. The molecule has 0 aliphatic heterocycles. The first kappa shape index (κ1) is 14.0. The Morgan fingerprint density at radius 3 is 2.81 bits per heavy atom. The lowest BCUT2D eigenvalue weighted by atomic mass is 10.1. The quantitative estimate of drug-likeness (QED) is 0.939. The number of hydrogen-bond acceptors (Lipinski definition) is 3. The maximum atomic E-state index is 12.5. The molecule has 3 rings (SSSR count). The average Bonchev–Trinajstić information content (AvgIpc) is 3.23. The first-order chi connectivity index (χ1) is 9.97. The Morgan fingerprint density at radius 1 is 1.48 bits per heavy atom. The highest BCUT2D eigenvalue weighted by molar-refractivity contribution is 6.06. The molecule has 112 valence electrons. The molecule has 0 bridgehead atoms. The van der Waals surface area contributed by atoms with Crippen molar-refractivity contribution in [2.75, 3.05) is 6.54 Å². The number of amides is 1. The lowest BCUT2D eigenvalue weighted by molar-refractivity contribution is 0.0950. The van der Waals surface area contributed by atoms with Gasteiger partial charge in [-0.25, -0.2) is 4.98 Å². The van der Waals surface area contributed by atoms with Crippen LogP contribution in [0.5, 0.6) is 0 Å². The molecule has 0 aromatic carbocycles. The highest BCUT2D eigenvalue weighted by Gasteiger charge is 2.28. The van der Waals surface area contributed by atoms with Crippen LogP contribution < -0.4 is 5.32 Å². The lowest BCUT2D eigenvalue weighted by Crippen LogP contribution is -2.27. The van der Waals surface area contributed by atoms with Crippen molar-refractivity contribution in [2.45, 2.75) is 39.5 Å². The highest BCUT2D eigenvalue weighted by atomic mass is 16.1. The molecule has 1 aliphatic rings. The minimum atomic E-state index is -0.0194. The summed E-state index contributed by atoms with van der Waals surface area (Å²) in [7, 11) is 1.88. The number of fused-ring (bicyclic) bond motifs is 1. The monoisotopic (exact) mass is 286 g/mol. The summed E-state index contributed by atoms with van der Waals surface area (Å²) in [5.41, 5.74) is 3.41. The maximum absolute atomic E-state index is 12.5. The van der Waals surface area contributed by atoms with Crippen molar-refractivity contribution in [3.63, 3.8) is 0 Å². The predicted molar refractivity (Wildman–Crippen MR) is 82.4 cm³/mol. The third kappa shape index (κ3) is 2.64. The van der Waals surface area contributed by atoms with Gasteiger partial charge in [0.25, 0.3) is 5.91 Å². The summed E-state index contributed by atoms with van der Waals surface area (Å²) in [6, 6.07) is 1.96. The van der Waals surface area contributed by atoms with Crippen molar-refractivity contribution in [3.8, 4) is 0 Å². The molecule has 1 saturated carbocycles. The summed E-state index contributed by atoms with van der Waals surface area (Å²) in [5, 5.41) is 8.31. The standard InChI is InChI=1S/C16H22N4O/c1-9(2)8-17-16(21)12-7-13(11-5-6-11)18-15-14(12)10(3)19-20(15)4/h7,9,11H,5-6,8H2,1-4H3,(H,17,21). The Morgan fingerprint density at radius 2 is 2.19 bits per heavy atom. The van der Waals surface area contributed by atoms with Crippen molar-refractivity contribution < 1.29 is 4.79 Å². The van der Waals surface area contributed by atoms with Gasteiger partial charge in [-0.1, -0.05) is 13.8 Å². The van der Waals surface area contributed by atoms with Crippen LogP contribution in [0.1, 0.15) is 54.4 Å². The third-order valence-corrected chi connectivity index (χ3v) is 3.90. The molecule has 1 fully saturated rings. The Balaban J connectivity index is 2.08. The summed E-state index contributed by atoms with van der Waals surface area (Å²) >= 11 is 0. The SMILES string of the molecule is Cc1nn(C)c2nc(C3CC3)cc(C(=O)NCC(C)C)c12. The van der Waals surface area contributed by atoms with Crippen LogP contribution in [0.3, 0.4) is 0 Å². The fourth-order valence-electron chi connectivity index (χ4n) is 2.62. The van der Waals surface area contributed by atoms with Crippen LogP contribution in [0.2, 0.25) is 0 Å². The van der Waals surface area contributed by atoms with E-state index in [1.54, 1.807) is 4.68 Å². The Kier molecular flexibility index (Phi) is 3.43. The lowest BCUT2D eigenvalue weighted by Gasteiger charge is -2.10. The van der Waals surface area contributed by atoms with Crippen molar-refractivity contribution in [3.05, 3.63) is 23.0 Å². The molecule has 0 spiro atoms. The van der Waals surface area contributed by atoms with Gasteiger partial charge in [0, 0.05) is 25.2 Å². The van der Waals surface area contributed by atoms with Crippen LogP contribution in [0.15, 0.2) is 6.07 Å². The zero-order chi connectivity index (χ0) is 15.1. The van der Waals surface area contributed by atoms with Crippen molar-refractivity contribution >= 4 is 16.9 Å². The molecule has 2 heterocycles. The number of carbonyl (C=O) groups is 1. The second-order valence-corrected chi connectivity index (χ2v) is 6.38. The van der Waals surface area contributed by atoms with Crippen molar-refractivity contribution in [1.82, 2.24) is 20.1 Å². The second kappa shape index (κ2) is 5.13. The number of aryl methyl sites for hydroxylation is 2. The summed E-state index contributed by atoms with van der Waals surface area (Å²) in [6.45, 7) is 6.79. The van der Waals surface area contributed by atoms with Crippen molar-refractivity contribution in [1.29, 1.82) is 0 Å². The van der Waals surface area contributed by atoms with Crippen molar-refractivity contribution in [2.24, 2.45) is 13.0 Å². The molecule has 1 amide bonds. The fraction of sp³-hybridized carbons (Fsp3) is 0.562. The predicted octanol–water partition coefficient (Wildman–Crippen LogP) is 2.54. The number of hydrogen-bond donors (Lipinski definition) is 1. The van der Waals surface area contributed by atoms with Gasteiger partial charge in [0.1, 0.15) is 0 Å². The Bertz CT molecular complexity index is 698. The summed E-state index contributed by atoms with van der Waals surface area (Å²) in [4.78, 5) is 17.3. The smallest absolute Gasteiger partial charge is 0.252 e. The van der Waals surface area contributed by atoms with Gasteiger partial charge in [-0.3, -0.25) is 9.48 Å². The number of carbonyl (C=O) groups excluding carboxylic acids is 1. The van der Waals surface area contributed by atoms with Gasteiger partial charge in [0.05, 0.1) is 16.6 Å². The number of rotatable bonds is 4. The van der Waals surface area contributed by atoms with Gasteiger partial charge in [0.15, 0.2) is 5.65 Å². The zero-order valence-electron chi connectivity index (χ0n) is 13.1. The first-order valence-corrected chi connectivity index (χ1v) is 7.59. The molecule has 1 aliphatic carbocycles. The van der Waals surface area contributed by atoms with Crippen LogP contribution in [-0.4, -0.2) is 27.2 Å². The van der Waals surface area contributed by atoms with Crippen LogP contribution in [0, 0.1) is 12.8 Å². The number of pyridine rings is 1. The van der Waals surface area contributed by atoms with Gasteiger partial charge in [-0.15, -0.1) is 0 Å². The maximum Gasteiger partial charge on any atom is 0.252 e. The molecule has 2 aromatic rings. The van der Waals surface area contributed by atoms with E-state index in [0.29, 0.717) is 23.9 Å². The van der Waals surface area contributed by atoms with E-state index >= 15 is 0 Å². The van der Waals surface area contributed by atoms with E-state index in [1.165, 1.54) is 12.8 Å². The average molecular weight is 286 g/mol. The molecule has 21 heavy (non-hydrogen) atoms. The Hall–Kier alpha value is -1.91. The molecule has 0 radical (unpaired) electrons. The number of aromatic nitrogens is 3. The first-order valence-electron chi connectivity index (χ1n) is 7.59. The van der Waals surface area contributed by atoms with E-state index in [2.05, 4.69) is 24.3 Å². The largest absolute Gasteiger partial charge is 0.352 e. The van der Waals surface area contributed by atoms with Gasteiger partial charge >= 0.3 is 0 Å². The molecular weight excluding hydrogens is 264 g/mol. The van der Waals surface area contributed by atoms with Gasteiger partial charge in [-0.05, 0) is 31.7 Å².